The Hall–Kier alpha value is -2.78. The molecule has 0 spiro atoms. The first kappa shape index (κ1) is 21.5. The van der Waals surface area contributed by atoms with E-state index in [1.807, 2.05) is 30.3 Å². The van der Waals surface area contributed by atoms with Gasteiger partial charge in [0.05, 0.1) is 26.4 Å². The Labute approximate surface area is 162 Å². The van der Waals surface area contributed by atoms with Crippen molar-refractivity contribution in [1.29, 1.82) is 0 Å². The number of imide groups is 1. The predicted octanol–water partition coefficient (Wildman–Crippen LogP) is 1.07. The van der Waals surface area contributed by atoms with Crippen molar-refractivity contribution in [2.75, 3.05) is 13.3 Å². The molecule has 1 aromatic carbocycles. The Morgan fingerprint density at radius 3 is 2.46 bits per heavy atom. The average Bonchev–Trinajstić information content (AvgIpc) is 3.00. The van der Waals surface area contributed by atoms with Crippen molar-refractivity contribution in [3.8, 4) is 0 Å². The fourth-order valence-corrected chi connectivity index (χ4v) is 2.52. The molecule has 0 aromatic heterocycles. The van der Waals surface area contributed by atoms with E-state index in [0.717, 1.165) is 5.56 Å². The third kappa shape index (κ3) is 6.75. The van der Waals surface area contributed by atoms with E-state index in [1.165, 1.54) is 0 Å². The van der Waals surface area contributed by atoms with Crippen LogP contribution in [0.1, 0.15) is 38.2 Å². The van der Waals surface area contributed by atoms with Crippen molar-refractivity contribution in [2.45, 2.75) is 45.3 Å². The van der Waals surface area contributed by atoms with Gasteiger partial charge in [0.25, 0.3) is 11.8 Å². The zero-order valence-corrected chi connectivity index (χ0v) is 15.7. The molecule has 2 rings (SSSR count). The Morgan fingerprint density at radius 1 is 1.14 bits per heavy atom. The van der Waals surface area contributed by atoms with Gasteiger partial charge in [-0.2, -0.15) is 0 Å². The summed E-state index contributed by atoms with van der Waals surface area (Å²) in [6.45, 7) is 2.32. The van der Waals surface area contributed by atoms with Gasteiger partial charge in [-0.3, -0.25) is 19.7 Å². The molecule has 1 aliphatic rings. The number of hydrogen-bond donors (Lipinski definition) is 1. The third-order valence-corrected chi connectivity index (χ3v) is 3.95. The summed E-state index contributed by atoms with van der Waals surface area (Å²) < 4.78 is 10.5. The number of amides is 2. The molecule has 1 aliphatic heterocycles. The van der Waals surface area contributed by atoms with Crippen LogP contribution >= 0.6 is 0 Å². The van der Waals surface area contributed by atoms with Crippen molar-refractivity contribution in [3.05, 3.63) is 35.9 Å². The van der Waals surface area contributed by atoms with Gasteiger partial charge in [0.1, 0.15) is 6.04 Å². The maximum absolute atomic E-state index is 12.1. The number of ether oxygens (including phenoxy) is 2. The lowest BCUT2D eigenvalue weighted by Gasteiger charge is -2.18. The molecule has 1 N–H and O–H groups in total. The van der Waals surface area contributed by atoms with Crippen LogP contribution in [0.25, 0.3) is 0 Å². The summed E-state index contributed by atoms with van der Waals surface area (Å²) in [5, 5.41) is 3.37. The molecule has 9 heteroatoms. The van der Waals surface area contributed by atoms with Crippen molar-refractivity contribution in [2.24, 2.45) is 0 Å². The molecule has 28 heavy (non-hydrogen) atoms. The van der Waals surface area contributed by atoms with Crippen molar-refractivity contribution < 1.29 is 33.5 Å². The van der Waals surface area contributed by atoms with E-state index in [4.69, 9.17) is 14.3 Å². The summed E-state index contributed by atoms with van der Waals surface area (Å²) >= 11 is 0. The molecule has 0 saturated carbocycles. The quantitative estimate of drug-likeness (QED) is 0.258. The van der Waals surface area contributed by atoms with Gasteiger partial charge in [0, 0.05) is 12.8 Å². The second kappa shape index (κ2) is 11.2. The number of carbonyl (C=O) groups is 4. The minimum atomic E-state index is -0.784. The van der Waals surface area contributed by atoms with Gasteiger partial charge in [-0.15, -0.1) is 5.06 Å². The number of benzene rings is 1. The number of rotatable bonds is 11. The fraction of sp³-hybridized carbons (Fsp3) is 0.474. The van der Waals surface area contributed by atoms with Crippen LogP contribution in [0.4, 0.5) is 0 Å². The molecule has 1 fully saturated rings. The van der Waals surface area contributed by atoms with Crippen molar-refractivity contribution >= 4 is 23.8 Å². The minimum absolute atomic E-state index is 0.0257. The molecule has 0 aliphatic carbocycles. The molecule has 152 valence electrons. The van der Waals surface area contributed by atoms with Crippen LogP contribution in [0.15, 0.2) is 30.3 Å². The fourth-order valence-electron chi connectivity index (χ4n) is 2.52. The van der Waals surface area contributed by atoms with E-state index >= 15 is 0 Å². The van der Waals surface area contributed by atoms with Gasteiger partial charge in [-0.1, -0.05) is 30.3 Å². The summed E-state index contributed by atoms with van der Waals surface area (Å²) in [5.74, 6) is -2.39. The Bertz CT molecular complexity index is 677. The lowest BCUT2D eigenvalue weighted by Crippen LogP contribution is -2.40. The van der Waals surface area contributed by atoms with E-state index in [9.17, 15) is 19.2 Å². The van der Waals surface area contributed by atoms with Gasteiger partial charge >= 0.3 is 11.9 Å². The molecule has 1 aromatic rings. The van der Waals surface area contributed by atoms with Crippen LogP contribution < -0.4 is 5.32 Å². The van der Waals surface area contributed by atoms with Crippen LogP contribution in [0.5, 0.6) is 0 Å². The highest BCUT2D eigenvalue weighted by Crippen LogP contribution is 2.13. The van der Waals surface area contributed by atoms with E-state index in [-0.39, 0.29) is 39.0 Å². The normalized spacial score (nSPS) is 14.8. The van der Waals surface area contributed by atoms with Crippen LogP contribution in [-0.2, 0) is 40.1 Å². The lowest BCUT2D eigenvalue weighted by molar-refractivity contribution is -0.197. The molecule has 1 saturated heterocycles. The van der Waals surface area contributed by atoms with Crippen LogP contribution in [0, 0.1) is 0 Å². The SMILES string of the molecule is CCOC(=O)[C@H](CCC(=O)ON1C(=O)CCC1=O)NCOCc1ccccc1. The molecule has 2 amide bonds. The second-order valence-electron chi connectivity index (χ2n) is 6.07. The molecule has 0 bridgehead atoms. The molecule has 1 heterocycles. The number of hydrogen-bond acceptors (Lipinski definition) is 8. The molecule has 1 atom stereocenters. The molecule has 0 radical (unpaired) electrons. The van der Waals surface area contributed by atoms with Gasteiger partial charge in [0.15, 0.2) is 0 Å². The van der Waals surface area contributed by atoms with E-state index in [0.29, 0.717) is 11.7 Å². The lowest BCUT2D eigenvalue weighted by atomic mass is 10.1. The van der Waals surface area contributed by atoms with Crippen LogP contribution in [0.3, 0.4) is 0 Å². The number of nitrogens with one attached hydrogen (secondary N) is 1. The van der Waals surface area contributed by atoms with Crippen LogP contribution in [-0.4, -0.2) is 48.2 Å². The first-order valence-electron chi connectivity index (χ1n) is 9.09. The van der Waals surface area contributed by atoms with E-state index in [2.05, 4.69) is 5.32 Å². The Balaban J connectivity index is 1.77. The summed E-state index contributed by atoms with van der Waals surface area (Å²) in [6, 6.07) is 8.75. The Kier molecular flexibility index (Phi) is 8.57. The zero-order chi connectivity index (χ0) is 20.4. The highest BCUT2D eigenvalue weighted by molar-refractivity contribution is 6.01. The average molecular weight is 392 g/mol. The Morgan fingerprint density at radius 2 is 1.82 bits per heavy atom. The molecular formula is C19H24N2O7. The smallest absolute Gasteiger partial charge is 0.333 e. The van der Waals surface area contributed by atoms with Gasteiger partial charge in [0.2, 0.25) is 0 Å². The molecule has 0 unspecified atom stereocenters. The topological polar surface area (TPSA) is 111 Å². The maximum Gasteiger partial charge on any atom is 0.333 e. The monoisotopic (exact) mass is 392 g/mol. The predicted molar refractivity (Wildman–Crippen MR) is 96.1 cm³/mol. The van der Waals surface area contributed by atoms with Crippen LogP contribution in [0.2, 0.25) is 0 Å². The summed E-state index contributed by atoms with van der Waals surface area (Å²) in [4.78, 5) is 51.7. The van der Waals surface area contributed by atoms with Crippen molar-refractivity contribution in [1.82, 2.24) is 10.4 Å². The number of hydroxylamine groups is 2. The second-order valence-corrected chi connectivity index (χ2v) is 6.07. The maximum atomic E-state index is 12.1. The highest BCUT2D eigenvalue weighted by Gasteiger charge is 2.33. The van der Waals surface area contributed by atoms with Crippen molar-refractivity contribution in [3.63, 3.8) is 0 Å². The zero-order valence-electron chi connectivity index (χ0n) is 15.7. The van der Waals surface area contributed by atoms with Gasteiger partial charge in [-0.05, 0) is 18.9 Å². The van der Waals surface area contributed by atoms with E-state index in [1.54, 1.807) is 6.92 Å². The number of nitrogens with zero attached hydrogens (tertiary/aromatic N) is 1. The van der Waals surface area contributed by atoms with E-state index < -0.39 is 29.8 Å². The number of esters is 1. The largest absolute Gasteiger partial charge is 0.465 e. The standard InChI is InChI=1S/C19H24N2O7/c1-2-27-19(25)15(20-13-26-12-14-6-4-3-5-7-14)8-11-18(24)28-21-16(22)9-10-17(21)23/h3-7,15,20H,2,8-13H2,1H3/t15-/m0/s1. The minimum Gasteiger partial charge on any atom is -0.465 e. The first-order chi connectivity index (χ1) is 13.5. The summed E-state index contributed by atoms with van der Waals surface area (Å²) in [5.41, 5.74) is 0.987. The summed E-state index contributed by atoms with van der Waals surface area (Å²) in [7, 11) is 0. The van der Waals surface area contributed by atoms with Gasteiger partial charge < -0.3 is 14.3 Å². The first-order valence-corrected chi connectivity index (χ1v) is 9.09. The molecular weight excluding hydrogens is 368 g/mol. The summed E-state index contributed by atoms with van der Waals surface area (Å²) in [6.07, 6.45) is -0.0510. The number of carbonyl (C=O) groups excluding carboxylic acids is 4. The third-order valence-electron chi connectivity index (χ3n) is 3.95. The van der Waals surface area contributed by atoms with Gasteiger partial charge in [-0.25, -0.2) is 4.79 Å². The molecule has 9 nitrogen and oxygen atoms in total. The highest BCUT2D eigenvalue weighted by atomic mass is 16.7.